The number of rotatable bonds is 43. The highest BCUT2D eigenvalue weighted by Gasteiger charge is 2.27. The molecular formula is C46H89N2O7P. The first-order chi connectivity index (χ1) is 27.3. The molecule has 0 saturated carbocycles. The number of carbonyl (C=O) groups is 1. The maximum atomic E-state index is 12.8. The van der Waals surface area contributed by atoms with E-state index in [1.165, 1.54) is 135 Å². The van der Waals surface area contributed by atoms with Crippen LogP contribution in [-0.4, -0.2) is 59.0 Å². The topological polar surface area (TPSA) is 151 Å². The number of phosphoric acid groups is 1. The summed E-state index contributed by atoms with van der Waals surface area (Å²) in [6.45, 7) is 3.92. The van der Waals surface area contributed by atoms with E-state index in [0.29, 0.717) is 12.8 Å². The van der Waals surface area contributed by atoms with Crippen LogP contribution in [0, 0.1) is 0 Å². The van der Waals surface area contributed by atoms with Crippen molar-refractivity contribution < 1.29 is 33.5 Å². The van der Waals surface area contributed by atoms with Crippen molar-refractivity contribution in [2.24, 2.45) is 5.73 Å². The maximum absolute atomic E-state index is 12.8. The molecule has 0 saturated heterocycles. The molecule has 0 aromatic rings. The van der Waals surface area contributed by atoms with Gasteiger partial charge in [0, 0.05) is 6.54 Å². The molecule has 0 fully saturated rings. The lowest BCUT2D eigenvalue weighted by molar-refractivity contribution is -0.124. The SMILES string of the molecule is CCCCC/C=C/CC/C=C/CC/C=C/C(O)C(COP(=O)(O)OCCN)NC(=O)CC(O)CCCCCCCCCCCCCCCCCCCCCCC. The number of unbranched alkanes of at least 4 members (excludes halogenated alkanes) is 25. The van der Waals surface area contributed by atoms with E-state index in [1.54, 1.807) is 6.08 Å². The summed E-state index contributed by atoms with van der Waals surface area (Å²) >= 11 is 0. The van der Waals surface area contributed by atoms with E-state index in [1.807, 2.05) is 6.08 Å². The van der Waals surface area contributed by atoms with E-state index in [9.17, 15) is 24.5 Å². The highest BCUT2D eigenvalue weighted by molar-refractivity contribution is 7.47. The molecule has 0 aliphatic heterocycles. The van der Waals surface area contributed by atoms with E-state index in [4.69, 9.17) is 14.8 Å². The molecule has 4 atom stereocenters. The van der Waals surface area contributed by atoms with E-state index in [2.05, 4.69) is 43.5 Å². The molecule has 0 bridgehead atoms. The molecule has 10 heteroatoms. The third-order valence-electron chi connectivity index (χ3n) is 10.3. The van der Waals surface area contributed by atoms with Gasteiger partial charge in [0.1, 0.15) is 0 Å². The van der Waals surface area contributed by atoms with E-state index < -0.39 is 38.6 Å². The monoisotopic (exact) mass is 813 g/mol. The van der Waals surface area contributed by atoms with Gasteiger partial charge in [0.05, 0.1) is 37.9 Å². The smallest absolute Gasteiger partial charge is 0.393 e. The standard InChI is InChI=1S/C46H89N2O7P/c1-3-5-7-9-11-13-15-17-18-19-20-21-22-23-24-26-27-29-31-33-35-37-43(49)41-46(51)48-44(42-55-56(52,53)54-40-39-47)45(50)38-36-34-32-30-28-25-16-14-12-10-8-6-4-2/h12,14,28,30,36,38,43-45,49-50H,3-11,13,15-27,29,31-35,37,39-42,47H2,1-2H3,(H,48,51)(H,52,53)/b14-12+,30-28+,38-36+. The van der Waals surface area contributed by atoms with Gasteiger partial charge < -0.3 is 26.2 Å². The number of aliphatic hydroxyl groups excluding tert-OH is 2. The molecule has 0 radical (unpaired) electrons. The van der Waals surface area contributed by atoms with Crippen LogP contribution in [0.25, 0.3) is 0 Å². The fourth-order valence-corrected chi connectivity index (χ4v) is 7.50. The summed E-state index contributed by atoms with van der Waals surface area (Å²) in [6, 6.07) is -1.00. The summed E-state index contributed by atoms with van der Waals surface area (Å²) in [5.74, 6) is -0.458. The summed E-state index contributed by atoms with van der Waals surface area (Å²) in [4.78, 5) is 22.8. The third kappa shape index (κ3) is 39.5. The van der Waals surface area contributed by atoms with Crippen LogP contribution in [0.5, 0.6) is 0 Å². The van der Waals surface area contributed by atoms with Crippen LogP contribution >= 0.6 is 7.82 Å². The van der Waals surface area contributed by atoms with Gasteiger partial charge in [-0.25, -0.2) is 4.57 Å². The molecule has 1 amide bonds. The summed E-state index contributed by atoms with van der Waals surface area (Å²) in [6.07, 6.45) is 46.7. The first kappa shape index (κ1) is 54.7. The van der Waals surface area contributed by atoms with Crippen LogP contribution in [0.1, 0.15) is 213 Å². The number of nitrogens with one attached hydrogen (secondary N) is 1. The molecule has 0 aliphatic rings. The Kier molecular flexibility index (Phi) is 40.8. The minimum absolute atomic E-state index is 0.0427. The van der Waals surface area contributed by atoms with E-state index in [0.717, 1.165) is 44.9 Å². The van der Waals surface area contributed by atoms with Crippen molar-refractivity contribution in [2.45, 2.75) is 231 Å². The number of carbonyl (C=O) groups excluding carboxylic acids is 1. The number of hydrogen-bond acceptors (Lipinski definition) is 7. The van der Waals surface area contributed by atoms with Crippen LogP contribution in [0.2, 0.25) is 0 Å². The van der Waals surface area contributed by atoms with Crippen molar-refractivity contribution in [2.75, 3.05) is 19.8 Å². The molecule has 6 N–H and O–H groups in total. The molecule has 9 nitrogen and oxygen atoms in total. The van der Waals surface area contributed by atoms with Crippen molar-refractivity contribution in [1.82, 2.24) is 5.32 Å². The first-order valence-electron chi connectivity index (χ1n) is 23.2. The van der Waals surface area contributed by atoms with Gasteiger partial charge in [-0.2, -0.15) is 0 Å². The number of nitrogens with two attached hydrogens (primary N) is 1. The van der Waals surface area contributed by atoms with Crippen LogP contribution in [0.4, 0.5) is 0 Å². The molecule has 0 spiro atoms. The summed E-state index contributed by atoms with van der Waals surface area (Å²) < 4.78 is 22.1. The van der Waals surface area contributed by atoms with Gasteiger partial charge in [-0.05, 0) is 44.9 Å². The van der Waals surface area contributed by atoms with Crippen molar-refractivity contribution in [3.05, 3.63) is 36.5 Å². The predicted octanol–water partition coefficient (Wildman–Crippen LogP) is 12.1. The first-order valence-corrected chi connectivity index (χ1v) is 24.7. The van der Waals surface area contributed by atoms with Gasteiger partial charge in [-0.1, -0.05) is 198 Å². The van der Waals surface area contributed by atoms with Crippen LogP contribution in [-0.2, 0) is 18.4 Å². The maximum Gasteiger partial charge on any atom is 0.472 e. The lowest BCUT2D eigenvalue weighted by Crippen LogP contribution is -2.46. The molecule has 0 rings (SSSR count). The minimum Gasteiger partial charge on any atom is -0.393 e. The van der Waals surface area contributed by atoms with Gasteiger partial charge in [0.2, 0.25) is 5.91 Å². The average molecular weight is 813 g/mol. The summed E-state index contributed by atoms with van der Waals surface area (Å²) in [5.41, 5.74) is 5.36. The molecule has 56 heavy (non-hydrogen) atoms. The second kappa shape index (κ2) is 41.8. The van der Waals surface area contributed by atoms with Gasteiger partial charge >= 0.3 is 7.82 Å². The Morgan fingerprint density at radius 1 is 0.607 bits per heavy atom. The highest BCUT2D eigenvalue weighted by atomic mass is 31.2. The number of allylic oxidation sites excluding steroid dienone is 5. The Labute approximate surface area is 344 Å². The lowest BCUT2D eigenvalue weighted by atomic mass is 10.0. The zero-order chi connectivity index (χ0) is 41.2. The molecule has 0 aromatic heterocycles. The number of phosphoric ester groups is 1. The van der Waals surface area contributed by atoms with Gasteiger partial charge in [0.25, 0.3) is 0 Å². The normalized spacial score (nSPS) is 14.9. The molecule has 0 heterocycles. The van der Waals surface area contributed by atoms with Crippen molar-refractivity contribution in [1.29, 1.82) is 0 Å². The van der Waals surface area contributed by atoms with Crippen LogP contribution < -0.4 is 11.1 Å². The fraction of sp³-hybridized carbons (Fsp3) is 0.848. The molecule has 330 valence electrons. The molecule has 0 aliphatic carbocycles. The third-order valence-corrected chi connectivity index (χ3v) is 11.2. The van der Waals surface area contributed by atoms with E-state index in [-0.39, 0.29) is 19.6 Å². The Bertz CT molecular complexity index is 993. The van der Waals surface area contributed by atoms with Crippen LogP contribution in [0.3, 0.4) is 0 Å². The minimum atomic E-state index is -4.41. The fourth-order valence-electron chi connectivity index (χ4n) is 6.74. The van der Waals surface area contributed by atoms with Crippen molar-refractivity contribution in [3.8, 4) is 0 Å². The zero-order valence-corrected chi connectivity index (χ0v) is 37.1. The van der Waals surface area contributed by atoms with Crippen LogP contribution in [0.15, 0.2) is 36.5 Å². The summed E-state index contributed by atoms with van der Waals surface area (Å²) in [5, 5.41) is 24.0. The Morgan fingerprint density at radius 3 is 1.48 bits per heavy atom. The Balaban J connectivity index is 4.21. The lowest BCUT2D eigenvalue weighted by Gasteiger charge is -2.24. The van der Waals surface area contributed by atoms with Crippen molar-refractivity contribution >= 4 is 13.7 Å². The predicted molar refractivity (Wildman–Crippen MR) is 237 cm³/mol. The number of amides is 1. The average Bonchev–Trinajstić information content (AvgIpc) is 3.17. The van der Waals surface area contributed by atoms with Gasteiger partial charge in [-0.15, -0.1) is 0 Å². The Morgan fingerprint density at radius 2 is 1.02 bits per heavy atom. The molecule has 4 unspecified atom stereocenters. The van der Waals surface area contributed by atoms with Gasteiger partial charge in [-0.3, -0.25) is 13.8 Å². The number of aliphatic hydroxyl groups is 2. The van der Waals surface area contributed by atoms with E-state index >= 15 is 0 Å². The number of hydrogen-bond donors (Lipinski definition) is 5. The second-order valence-electron chi connectivity index (χ2n) is 15.8. The zero-order valence-electron chi connectivity index (χ0n) is 36.2. The summed E-state index contributed by atoms with van der Waals surface area (Å²) in [7, 11) is -4.41. The Hall–Kier alpha value is -1.32. The molecular weight excluding hydrogens is 723 g/mol. The second-order valence-corrected chi connectivity index (χ2v) is 17.2. The largest absolute Gasteiger partial charge is 0.472 e. The quantitative estimate of drug-likeness (QED) is 0.0232. The van der Waals surface area contributed by atoms with Gasteiger partial charge in [0.15, 0.2) is 0 Å². The highest BCUT2D eigenvalue weighted by Crippen LogP contribution is 2.43. The van der Waals surface area contributed by atoms with Crippen molar-refractivity contribution in [3.63, 3.8) is 0 Å². The molecule has 0 aromatic carbocycles.